The van der Waals surface area contributed by atoms with Gasteiger partial charge in [0, 0.05) is 20.2 Å². The summed E-state index contributed by atoms with van der Waals surface area (Å²) < 4.78 is 32.1. The number of carbonyl (C=O) groups excluding carboxylic acids is 1. The van der Waals surface area contributed by atoms with E-state index in [4.69, 9.17) is 4.74 Å². The van der Waals surface area contributed by atoms with Crippen LogP contribution in [0.4, 0.5) is 0 Å². The first-order valence-electron chi connectivity index (χ1n) is 8.14. The Morgan fingerprint density at radius 1 is 1.29 bits per heavy atom. The molecular weight excluding hydrogens is 328 g/mol. The van der Waals surface area contributed by atoms with Crippen molar-refractivity contribution in [2.75, 3.05) is 26.7 Å². The van der Waals surface area contributed by atoms with Crippen LogP contribution in [0.3, 0.4) is 0 Å². The van der Waals surface area contributed by atoms with Crippen LogP contribution in [0.1, 0.15) is 29.5 Å². The molecule has 1 heterocycles. The van der Waals surface area contributed by atoms with Crippen molar-refractivity contribution in [2.24, 2.45) is 0 Å². The Hall–Kier alpha value is -1.44. The van der Waals surface area contributed by atoms with E-state index in [2.05, 4.69) is 5.32 Å². The molecule has 1 aliphatic heterocycles. The second kappa shape index (κ2) is 7.63. The monoisotopic (exact) mass is 354 g/mol. The van der Waals surface area contributed by atoms with Crippen LogP contribution < -0.4 is 5.32 Å². The lowest BCUT2D eigenvalue weighted by molar-refractivity contribution is -0.121. The predicted molar refractivity (Wildman–Crippen MR) is 92.5 cm³/mol. The number of benzene rings is 1. The fourth-order valence-corrected chi connectivity index (χ4v) is 4.64. The molecule has 1 aromatic carbocycles. The number of nitrogens with one attached hydrogen (secondary N) is 1. The SMILES string of the molecule is Cc1cc(C)c(S(=O)(=O)N(C)CC(=O)NC[C@H]2CCCO2)c(C)c1. The van der Waals surface area contributed by atoms with Crippen molar-refractivity contribution in [3.8, 4) is 0 Å². The van der Waals surface area contributed by atoms with E-state index in [0.29, 0.717) is 17.7 Å². The zero-order valence-electron chi connectivity index (χ0n) is 14.8. The molecule has 0 radical (unpaired) electrons. The number of rotatable bonds is 6. The summed E-state index contributed by atoms with van der Waals surface area (Å²) in [7, 11) is -2.28. The van der Waals surface area contributed by atoms with E-state index in [0.717, 1.165) is 29.3 Å². The topological polar surface area (TPSA) is 75.7 Å². The van der Waals surface area contributed by atoms with Gasteiger partial charge in [-0.25, -0.2) is 8.42 Å². The number of carbonyl (C=O) groups is 1. The molecule has 1 fully saturated rings. The Morgan fingerprint density at radius 2 is 1.92 bits per heavy atom. The molecule has 0 aliphatic carbocycles. The van der Waals surface area contributed by atoms with Crippen LogP contribution in [0, 0.1) is 20.8 Å². The third-order valence-electron chi connectivity index (χ3n) is 4.19. The van der Waals surface area contributed by atoms with Crippen molar-refractivity contribution in [1.29, 1.82) is 0 Å². The molecule has 1 N–H and O–H groups in total. The quantitative estimate of drug-likeness (QED) is 0.840. The van der Waals surface area contributed by atoms with Crippen molar-refractivity contribution in [2.45, 2.75) is 44.6 Å². The maximum absolute atomic E-state index is 12.8. The maximum Gasteiger partial charge on any atom is 0.243 e. The van der Waals surface area contributed by atoms with E-state index in [9.17, 15) is 13.2 Å². The molecule has 1 atom stereocenters. The molecule has 0 aromatic heterocycles. The highest BCUT2D eigenvalue weighted by atomic mass is 32.2. The van der Waals surface area contributed by atoms with Crippen molar-refractivity contribution in [1.82, 2.24) is 9.62 Å². The Bertz CT molecular complexity index is 686. The summed E-state index contributed by atoms with van der Waals surface area (Å²) in [5.74, 6) is -0.320. The minimum Gasteiger partial charge on any atom is -0.376 e. The first-order valence-corrected chi connectivity index (χ1v) is 9.58. The number of likely N-dealkylation sites (N-methyl/N-ethyl adjacent to an activating group) is 1. The summed E-state index contributed by atoms with van der Waals surface area (Å²) in [5.41, 5.74) is 2.40. The van der Waals surface area contributed by atoms with Gasteiger partial charge >= 0.3 is 0 Å². The molecule has 7 heteroatoms. The van der Waals surface area contributed by atoms with Gasteiger partial charge in [0.15, 0.2) is 0 Å². The van der Waals surface area contributed by atoms with Crippen LogP contribution in [-0.2, 0) is 19.6 Å². The molecular formula is C17H26N2O4S. The number of amides is 1. The molecule has 1 amide bonds. The Labute approximate surface area is 144 Å². The lowest BCUT2D eigenvalue weighted by Crippen LogP contribution is -2.41. The zero-order valence-corrected chi connectivity index (χ0v) is 15.6. The summed E-state index contributed by atoms with van der Waals surface area (Å²) in [6.45, 7) is 6.42. The van der Waals surface area contributed by atoms with Crippen LogP contribution in [0.2, 0.25) is 0 Å². The van der Waals surface area contributed by atoms with Gasteiger partial charge in [-0.05, 0) is 44.7 Å². The average molecular weight is 354 g/mol. The second-order valence-electron chi connectivity index (χ2n) is 6.43. The molecule has 1 aliphatic rings. The Balaban J connectivity index is 2.04. The molecule has 0 unspecified atom stereocenters. The van der Waals surface area contributed by atoms with Crippen LogP contribution >= 0.6 is 0 Å². The summed E-state index contributed by atoms with van der Waals surface area (Å²) in [6.07, 6.45) is 1.97. The number of sulfonamides is 1. The summed E-state index contributed by atoms with van der Waals surface area (Å²) in [4.78, 5) is 12.3. The van der Waals surface area contributed by atoms with E-state index in [1.807, 2.05) is 19.1 Å². The fraction of sp³-hybridized carbons (Fsp3) is 0.588. The largest absolute Gasteiger partial charge is 0.376 e. The minimum absolute atomic E-state index is 0.0393. The third-order valence-corrected chi connectivity index (χ3v) is 6.30. The van der Waals surface area contributed by atoms with Crippen LogP contribution in [0.5, 0.6) is 0 Å². The van der Waals surface area contributed by atoms with Crippen LogP contribution in [0.15, 0.2) is 17.0 Å². The number of hydrogen-bond acceptors (Lipinski definition) is 4. The lowest BCUT2D eigenvalue weighted by Gasteiger charge is -2.20. The molecule has 0 saturated carbocycles. The zero-order chi connectivity index (χ0) is 17.9. The molecule has 2 rings (SSSR count). The molecule has 6 nitrogen and oxygen atoms in total. The second-order valence-corrected chi connectivity index (χ2v) is 8.41. The average Bonchev–Trinajstić information content (AvgIpc) is 2.96. The first kappa shape index (κ1) is 18.9. The predicted octanol–water partition coefficient (Wildman–Crippen LogP) is 1.53. The molecule has 0 bridgehead atoms. The smallest absolute Gasteiger partial charge is 0.243 e. The van der Waals surface area contributed by atoms with Gasteiger partial charge in [-0.2, -0.15) is 4.31 Å². The van der Waals surface area contributed by atoms with Crippen molar-refractivity contribution in [3.63, 3.8) is 0 Å². The van der Waals surface area contributed by atoms with Gasteiger partial charge in [0.25, 0.3) is 0 Å². The molecule has 1 aromatic rings. The number of nitrogens with zero attached hydrogens (tertiary/aromatic N) is 1. The van der Waals surface area contributed by atoms with Gasteiger partial charge in [-0.15, -0.1) is 0 Å². The Morgan fingerprint density at radius 3 is 2.46 bits per heavy atom. The van der Waals surface area contributed by atoms with Gasteiger partial charge in [0.1, 0.15) is 0 Å². The highest BCUT2D eigenvalue weighted by Crippen LogP contribution is 2.24. The van der Waals surface area contributed by atoms with E-state index in [1.54, 1.807) is 13.8 Å². The molecule has 24 heavy (non-hydrogen) atoms. The highest BCUT2D eigenvalue weighted by Gasteiger charge is 2.27. The van der Waals surface area contributed by atoms with Crippen molar-refractivity contribution in [3.05, 3.63) is 28.8 Å². The van der Waals surface area contributed by atoms with Gasteiger partial charge in [0.2, 0.25) is 15.9 Å². The van der Waals surface area contributed by atoms with E-state index >= 15 is 0 Å². The standard InChI is InChI=1S/C17H26N2O4S/c1-12-8-13(2)17(14(3)9-12)24(21,22)19(4)11-16(20)18-10-15-6-5-7-23-15/h8-9,15H,5-7,10-11H2,1-4H3,(H,18,20)/t15-/m1/s1. The number of hydrogen-bond donors (Lipinski definition) is 1. The molecule has 1 saturated heterocycles. The molecule has 0 spiro atoms. The van der Waals surface area contributed by atoms with E-state index in [1.165, 1.54) is 7.05 Å². The van der Waals surface area contributed by atoms with Crippen LogP contribution in [-0.4, -0.2) is 51.5 Å². The summed E-state index contributed by atoms with van der Waals surface area (Å²) >= 11 is 0. The van der Waals surface area contributed by atoms with Gasteiger partial charge in [-0.3, -0.25) is 4.79 Å². The van der Waals surface area contributed by atoms with Crippen LogP contribution in [0.25, 0.3) is 0 Å². The number of ether oxygens (including phenoxy) is 1. The summed E-state index contributed by atoms with van der Waals surface area (Å²) in [5, 5.41) is 2.75. The van der Waals surface area contributed by atoms with E-state index < -0.39 is 10.0 Å². The highest BCUT2D eigenvalue weighted by molar-refractivity contribution is 7.89. The Kier molecular flexibility index (Phi) is 6.01. The van der Waals surface area contributed by atoms with Crippen molar-refractivity contribution < 1.29 is 17.9 Å². The third kappa shape index (κ3) is 4.34. The summed E-state index contributed by atoms with van der Waals surface area (Å²) in [6, 6.07) is 3.68. The normalized spacial score (nSPS) is 18.1. The van der Waals surface area contributed by atoms with Gasteiger partial charge < -0.3 is 10.1 Å². The number of aryl methyl sites for hydroxylation is 3. The lowest BCUT2D eigenvalue weighted by atomic mass is 10.1. The van der Waals surface area contributed by atoms with Gasteiger partial charge in [-0.1, -0.05) is 17.7 Å². The maximum atomic E-state index is 12.8. The first-order chi connectivity index (χ1) is 11.2. The van der Waals surface area contributed by atoms with E-state index in [-0.39, 0.29) is 23.5 Å². The molecule has 134 valence electrons. The van der Waals surface area contributed by atoms with Crippen molar-refractivity contribution >= 4 is 15.9 Å². The fourth-order valence-electron chi connectivity index (χ4n) is 3.11. The minimum atomic E-state index is -3.71. The van der Waals surface area contributed by atoms with Gasteiger partial charge in [0.05, 0.1) is 17.5 Å².